The Kier molecular flexibility index (Phi) is 4.81. The second-order valence-corrected chi connectivity index (χ2v) is 5.73. The zero-order valence-electron chi connectivity index (χ0n) is 14.1. The smallest absolute Gasteiger partial charge is 0.129 e. The van der Waals surface area contributed by atoms with Crippen LogP contribution in [0.3, 0.4) is 0 Å². The van der Waals surface area contributed by atoms with Crippen LogP contribution in [0.15, 0.2) is 36.4 Å². The van der Waals surface area contributed by atoms with Crippen molar-refractivity contribution in [2.75, 3.05) is 21.3 Å². The zero-order chi connectivity index (χ0) is 17.1. The highest BCUT2D eigenvalue weighted by Gasteiger charge is 2.32. The number of aliphatic hydroxyl groups excluding tert-OH is 1. The lowest BCUT2D eigenvalue weighted by Gasteiger charge is -2.32. The van der Waals surface area contributed by atoms with E-state index in [0.29, 0.717) is 18.6 Å². The molecule has 24 heavy (non-hydrogen) atoms. The molecule has 0 unspecified atom stereocenters. The van der Waals surface area contributed by atoms with Crippen LogP contribution in [0.4, 0.5) is 0 Å². The van der Waals surface area contributed by atoms with E-state index in [9.17, 15) is 5.11 Å². The summed E-state index contributed by atoms with van der Waals surface area (Å²) in [5, 5.41) is 10.5. The lowest BCUT2D eigenvalue weighted by Crippen LogP contribution is -2.39. The topological polar surface area (TPSA) is 57.2 Å². The van der Waals surface area contributed by atoms with Crippen molar-refractivity contribution in [2.45, 2.75) is 25.0 Å². The van der Waals surface area contributed by atoms with Crippen LogP contribution in [-0.2, 0) is 12.8 Å². The standard InChI is InChI=1S/C19H22O5/c1-21-12-4-6-13(7-5-12)24-19-11-15-14(10-16(19)20)17(22-2)8-9-18(15)23-3/h4-9,16,19-20H,10-11H2,1-3H3/t16-,19-/m1/s1. The van der Waals surface area contributed by atoms with Crippen molar-refractivity contribution >= 4 is 0 Å². The van der Waals surface area contributed by atoms with E-state index in [1.54, 1.807) is 21.3 Å². The summed E-state index contributed by atoms with van der Waals surface area (Å²) >= 11 is 0. The van der Waals surface area contributed by atoms with Crippen molar-refractivity contribution in [3.05, 3.63) is 47.5 Å². The van der Waals surface area contributed by atoms with E-state index in [4.69, 9.17) is 18.9 Å². The van der Waals surface area contributed by atoms with E-state index in [1.165, 1.54) is 0 Å². The lowest BCUT2D eigenvalue weighted by atomic mass is 9.86. The van der Waals surface area contributed by atoms with Gasteiger partial charge in [0.05, 0.1) is 27.4 Å². The molecule has 0 amide bonds. The summed E-state index contributed by atoms with van der Waals surface area (Å²) in [6.07, 6.45) is 0.0758. The molecule has 0 radical (unpaired) electrons. The molecule has 0 saturated carbocycles. The van der Waals surface area contributed by atoms with Crippen molar-refractivity contribution in [3.63, 3.8) is 0 Å². The Labute approximate surface area is 141 Å². The van der Waals surface area contributed by atoms with Crippen molar-refractivity contribution in [1.29, 1.82) is 0 Å². The van der Waals surface area contributed by atoms with Crippen LogP contribution in [0.2, 0.25) is 0 Å². The van der Waals surface area contributed by atoms with Crippen LogP contribution in [0, 0.1) is 0 Å². The number of fused-ring (bicyclic) bond motifs is 1. The van der Waals surface area contributed by atoms with Crippen LogP contribution < -0.4 is 18.9 Å². The molecule has 5 heteroatoms. The summed E-state index contributed by atoms with van der Waals surface area (Å²) in [6.45, 7) is 0. The van der Waals surface area contributed by atoms with Crippen LogP contribution in [0.25, 0.3) is 0 Å². The van der Waals surface area contributed by atoms with Crippen LogP contribution in [0.1, 0.15) is 11.1 Å². The maximum absolute atomic E-state index is 10.5. The summed E-state index contributed by atoms with van der Waals surface area (Å²) in [4.78, 5) is 0. The summed E-state index contributed by atoms with van der Waals surface area (Å²) in [6, 6.07) is 11.1. The molecule has 1 aliphatic carbocycles. The molecule has 0 bridgehead atoms. The van der Waals surface area contributed by atoms with Crippen LogP contribution in [0.5, 0.6) is 23.0 Å². The largest absolute Gasteiger partial charge is 0.497 e. The number of rotatable bonds is 5. The van der Waals surface area contributed by atoms with E-state index < -0.39 is 6.10 Å². The van der Waals surface area contributed by atoms with Gasteiger partial charge in [-0.2, -0.15) is 0 Å². The van der Waals surface area contributed by atoms with Crippen molar-refractivity contribution in [2.24, 2.45) is 0 Å². The number of aliphatic hydroxyl groups is 1. The third-order valence-electron chi connectivity index (χ3n) is 4.38. The second-order valence-electron chi connectivity index (χ2n) is 5.73. The number of hydrogen-bond donors (Lipinski definition) is 1. The van der Waals surface area contributed by atoms with Gasteiger partial charge in [-0.25, -0.2) is 0 Å². The third-order valence-corrected chi connectivity index (χ3v) is 4.38. The molecule has 2 aromatic rings. The highest BCUT2D eigenvalue weighted by Crippen LogP contribution is 2.37. The molecule has 0 heterocycles. The summed E-state index contributed by atoms with van der Waals surface area (Å²) in [5.74, 6) is 3.03. The molecule has 5 nitrogen and oxygen atoms in total. The van der Waals surface area contributed by atoms with Crippen molar-refractivity contribution < 1.29 is 24.1 Å². The minimum absolute atomic E-state index is 0.341. The lowest BCUT2D eigenvalue weighted by molar-refractivity contribution is 0.0293. The molecule has 0 aliphatic heterocycles. The Hall–Kier alpha value is -2.40. The number of methoxy groups -OCH3 is 3. The number of ether oxygens (including phenoxy) is 4. The fraction of sp³-hybridized carbons (Fsp3) is 0.368. The first kappa shape index (κ1) is 16.5. The molecule has 2 atom stereocenters. The Bertz CT molecular complexity index is 696. The van der Waals surface area contributed by atoms with Gasteiger partial charge in [0.2, 0.25) is 0 Å². The molecular formula is C19H22O5. The summed E-state index contributed by atoms with van der Waals surface area (Å²) < 4.78 is 22.0. The molecule has 0 saturated heterocycles. The van der Waals surface area contributed by atoms with Gasteiger partial charge in [0.25, 0.3) is 0 Å². The average molecular weight is 330 g/mol. The minimum Gasteiger partial charge on any atom is -0.497 e. The third kappa shape index (κ3) is 3.12. The Morgan fingerprint density at radius 2 is 1.29 bits per heavy atom. The summed E-state index contributed by atoms with van der Waals surface area (Å²) in [7, 11) is 4.90. The quantitative estimate of drug-likeness (QED) is 0.913. The zero-order valence-corrected chi connectivity index (χ0v) is 14.1. The number of benzene rings is 2. The first-order chi connectivity index (χ1) is 11.7. The van der Waals surface area contributed by atoms with Crippen LogP contribution in [-0.4, -0.2) is 38.6 Å². The first-order valence-electron chi connectivity index (χ1n) is 7.87. The maximum atomic E-state index is 10.5. The first-order valence-corrected chi connectivity index (χ1v) is 7.87. The molecule has 0 spiro atoms. The average Bonchev–Trinajstić information content (AvgIpc) is 2.62. The molecule has 3 rings (SSSR count). The molecule has 128 valence electrons. The maximum Gasteiger partial charge on any atom is 0.129 e. The molecule has 1 N–H and O–H groups in total. The summed E-state index contributed by atoms with van der Waals surface area (Å²) in [5.41, 5.74) is 2.01. The van der Waals surface area contributed by atoms with Gasteiger partial charge in [-0.15, -0.1) is 0 Å². The van der Waals surface area contributed by atoms with Crippen molar-refractivity contribution in [1.82, 2.24) is 0 Å². The Balaban J connectivity index is 1.85. The second kappa shape index (κ2) is 7.01. The van der Waals surface area contributed by atoms with E-state index in [0.717, 1.165) is 28.4 Å². The normalized spacial score (nSPS) is 19.3. The molecule has 0 fully saturated rings. The SMILES string of the molecule is COc1ccc(O[C@@H]2Cc3c(OC)ccc(OC)c3C[C@H]2O)cc1. The fourth-order valence-electron chi connectivity index (χ4n) is 3.11. The van der Waals surface area contributed by atoms with E-state index >= 15 is 0 Å². The monoisotopic (exact) mass is 330 g/mol. The fourth-order valence-corrected chi connectivity index (χ4v) is 3.11. The molecule has 0 aromatic heterocycles. The van der Waals surface area contributed by atoms with Gasteiger partial charge < -0.3 is 24.1 Å². The highest BCUT2D eigenvalue weighted by atomic mass is 16.5. The molecule has 1 aliphatic rings. The minimum atomic E-state index is -0.611. The van der Waals surface area contributed by atoms with Gasteiger partial charge >= 0.3 is 0 Å². The van der Waals surface area contributed by atoms with Gasteiger partial charge in [-0.05, 0) is 36.4 Å². The Morgan fingerprint density at radius 3 is 1.83 bits per heavy atom. The van der Waals surface area contributed by atoms with Gasteiger partial charge in [-0.3, -0.25) is 0 Å². The van der Waals surface area contributed by atoms with E-state index in [1.807, 2.05) is 36.4 Å². The highest BCUT2D eigenvalue weighted by molar-refractivity contribution is 5.51. The predicted octanol–water partition coefficient (Wildman–Crippen LogP) is 2.62. The van der Waals surface area contributed by atoms with Gasteiger partial charge in [0.15, 0.2) is 0 Å². The van der Waals surface area contributed by atoms with Gasteiger partial charge in [0, 0.05) is 24.0 Å². The van der Waals surface area contributed by atoms with Gasteiger partial charge in [-0.1, -0.05) is 0 Å². The molecule has 2 aromatic carbocycles. The van der Waals surface area contributed by atoms with Crippen molar-refractivity contribution in [3.8, 4) is 23.0 Å². The van der Waals surface area contributed by atoms with Crippen LogP contribution >= 0.6 is 0 Å². The van der Waals surface area contributed by atoms with E-state index in [-0.39, 0.29) is 6.10 Å². The predicted molar refractivity (Wildman–Crippen MR) is 90.4 cm³/mol. The molecular weight excluding hydrogens is 308 g/mol. The van der Waals surface area contributed by atoms with E-state index in [2.05, 4.69) is 0 Å². The number of hydrogen-bond acceptors (Lipinski definition) is 5. The Morgan fingerprint density at radius 1 is 0.750 bits per heavy atom. The van der Waals surface area contributed by atoms with Gasteiger partial charge in [0.1, 0.15) is 29.1 Å².